The first-order valence-corrected chi connectivity index (χ1v) is 7.62. The number of benzene rings is 1. The summed E-state index contributed by atoms with van der Waals surface area (Å²) in [5, 5.41) is 3.72. The molecule has 1 aliphatic rings. The molecule has 2 atom stereocenters. The first-order valence-electron chi connectivity index (χ1n) is 7.62. The molecule has 1 aliphatic carbocycles. The van der Waals surface area contributed by atoms with Crippen LogP contribution in [0.4, 0.5) is 0 Å². The molecular formula is C17H28N2. The van der Waals surface area contributed by atoms with Gasteiger partial charge in [0.05, 0.1) is 0 Å². The van der Waals surface area contributed by atoms with Gasteiger partial charge in [0.15, 0.2) is 0 Å². The molecular weight excluding hydrogens is 232 g/mol. The molecule has 0 amide bonds. The first kappa shape index (κ1) is 14.5. The Hall–Kier alpha value is -0.860. The molecule has 1 N–H and O–H groups in total. The average Bonchev–Trinajstić information content (AvgIpc) is 2.42. The van der Waals surface area contributed by atoms with Gasteiger partial charge in [-0.1, -0.05) is 24.3 Å². The SMILES string of the molecule is CC(CCN(C)C)NCC1CCCc2ccccc21. The number of rotatable bonds is 6. The van der Waals surface area contributed by atoms with Gasteiger partial charge in [-0.3, -0.25) is 0 Å². The summed E-state index contributed by atoms with van der Waals surface area (Å²) in [5.74, 6) is 0.715. The quantitative estimate of drug-likeness (QED) is 0.846. The summed E-state index contributed by atoms with van der Waals surface area (Å²) in [5.41, 5.74) is 3.16. The normalized spacial score (nSPS) is 20.3. The highest BCUT2D eigenvalue weighted by Gasteiger charge is 2.19. The van der Waals surface area contributed by atoms with E-state index < -0.39 is 0 Å². The Balaban J connectivity index is 1.84. The van der Waals surface area contributed by atoms with Crippen molar-refractivity contribution in [3.05, 3.63) is 35.4 Å². The second kappa shape index (κ2) is 7.06. The summed E-state index contributed by atoms with van der Waals surface area (Å²) in [7, 11) is 4.29. The Morgan fingerprint density at radius 3 is 2.89 bits per heavy atom. The molecule has 2 unspecified atom stereocenters. The Labute approximate surface area is 118 Å². The van der Waals surface area contributed by atoms with Gasteiger partial charge in [-0.2, -0.15) is 0 Å². The van der Waals surface area contributed by atoms with E-state index in [4.69, 9.17) is 0 Å². The van der Waals surface area contributed by atoms with Crippen molar-refractivity contribution in [2.75, 3.05) is 27.2 Å². The van der Waals surface area contributed by atoms with Gasteiger partial charge in [0.25, 0.3) is 0 Å². The van der Waals surface area contributed by atoms with Gasteiger partial charge in [-0.15, -0.1) is 0 Å². The fourth-order valence-corrected chi connectivity index (χ4v) is 2.96. The fraction of sp³-hybridized carbons (Fsp3) is 0.647. The molecule has 106 valence electrons. The lowest BCUT2D eigenvalue weighted by atomic mass is 9.83. The number of nitrogens with one attached hydrogen (secondary N) is 1. The molecule has 0 saturated carbocycles. The highest BCUT2D eigenvalue weighted by atomic mass is 15.1. The van der Waals surface area contributed by atoms with Crippen molar-refractivity contribution in [2.45, 2.75) is 44.6 Å². The van der Waals surface area contributed by atoms with Gasteiger partial charge in [0.2, 0.25) is 0 Å². The fourth-order valence-electron chi connectivity index (χ4n) is 2.96. The van der Waals surface area contributed by atoms with E-state index in [0.29, 0.717) is 12.0 Å². The number of fused-ring (bicyclic) bond motifs is 1. The smallest absolute Gasteiger partial charge is 0.00511 e. The van der Waals surface area contributed by atoms with Crippen LogP contribution >= 0.6 is 0 Å². The van der Waals surface area contributed by atoms with E-state index >= 15 is 0 Å². The minimum absolute atomic E-state index is 0.608. The number of nitrogens with zero attached hydrogens (tertiary/aromatic N) is 1. The van der Waals surface area contributed by atoms with E-state index in [1.807, 2.05) is 0 Å². The van der Waals surface area contributed by atoms with Crippen LogP contribution in [0.2, 0.25) is 0 Å². The third-order valence-corrected chi connectivity index (χ3v) is 4.22. The molecule has 1 aromatic carbocycles. The molecule has 0 radical (unpaired) electrons. The Bertz CT molecular complexity index is 387. The maximum Gasteiger partial charge on any atom is 0.00511 e. The molecule has 2 nitrogen and oxygen atoms in total. The number of hydrogen-bond donors (Lipinski definition) is 1. The maximum absolute atomic E-state index is 3.72. The van der Waals surface area contributed by atoms with Gasteiger partial charge >= 0.3 is 0 Å². The van der Waals surface area contributed by atoms with Gasteiger partial charge < -0.3 is 10.2 Å². The van der Waals surface area contributed by atoms with Gasteiger partial charge in [0.1, 0.15) is 0 Å². The van der Waals surface area contributed by atoms with Crippen molar-refractivity contribution in [3.63, 3.8) is 0 Å². The third kappa shape index (κ3) is 4.32. The van der Waals surface area contributed by atoms with E-state index in [1.54, 1.807) is 11.1 Å². The van der Waals surface area contributed by atoms with Crippen LogP contribution in [0, 0.1) is 0 Å². The zero-order chi connectivity index (χ0) is 13.7. The summed E-state index contributed by atoms with van der Waals surface area (Å²) in [6.45, 7) is 4.60. The van der Waals surface area contributed by atoms with Crippen molar-refractivity contribution in [1.29, 1.82) is 0 Å². The first-order chi connectivity index (χ1) is 9.16. The van der Waals surface area contributed by atoms with E-state index in [0.717, 1.165) is 13.1 Å². The Morgan fingerprint density at radius 1 is 1.32 bits per heavy atom. The number of aryl methyl sites for hydroxylation is 1. The summed E-state index contributed by atoms with van der Waals surface area (Å²) >= 11 is 0. The molecule has 2 heteroatoms. The molecule has 2 rings (SSSR count). The second-order valence-corrected chi connectivity index (χ2v) is 6.19. The van der Waals surface area contributed by atoms with Crippen LogP contribution in [0.3, 0.4) is 0 Å². The van der Waals surface area contributed by atoms with Crippen LogP contribution in [0.1, 0.15) is 43.2 Å². The lowest BCUT2D eigenvalue weighted by Gasteiger charge is -2.27. The lowest BCUT2D eigenvalue weighted by molar-refractivity contribution is 0.359. The van der Waals surface area contributed by atoms with Crippen LogP contribution in [0.25, 0.3) is 0 Å². The van der Waals surface area contributed by atoms with Crippen molar-refractivity contribution in [3.8, 4) is 0 Å². The van der Waals surface area contributed by atoms with E-state index in [-0.39, 0.29) is 0 Å². The zero-order valence-electron chi connectivity index (χ0n) is 12.7. The average molecular weight is 260 g/mol. The van der Waals surface area contributed by atoms with Gasteiger partial charge in [-0.05, 0) is 70.3 Å². The summed E-state index contributed by atoms with van der Waals surface area (Å²) in [6.07, 6.45) is 5.17. The van der Waals surface area contributed by atoms with E-state index in [9.17, 15) is 0 Å². The Morgan fingerprint density at radius 2 is 2.11 bits per heavy atom. The van der Waals surface area contributed by atoms with Crippen LogP contribution in [0.5, 0.6) is 0 Å². The van der Waals surface area contributed by atoms with Crippen molar-refractivity contribution in [1.82, 2.24) is 10.2 Å². The summed E-state index contributed by atoms with van der Waals surface area (Å²) in [4.78, 5) is 2.26. The molecule has 0 bridgehead atoms. The predicted molar refractivity (Wildman–Crippen MR) is 82.8 cm³/mol. The Kier molecular flexibility index (Phi) is 5.41. The minimum Gasteiger partial charge on any atom is -0.314 e. The zero-order valence-corrected chi connectivity index (χ0v) is 12.7. The molecule has 19 heavy (non-hydrogen) atoms. The van der Waals surface area contributed by atoms with Crippen molar-refractivity contribution < 1.29 is 0 Å². The van der Waals surface area contributed by atoms with Gasteiger partial charge in [-0.25, -0.2) is 0 Å². The van der Waals surface area contributed by atoms with E-state index in [1.165, 1.54) is 25.7 Å². The van der Waals surface area contributed by atoms with Crippen molar-refractivity contribution >= 4 is 0 Å². The van der Waals surface area contributed by atoms with Crippen molar-refractivity contribution in [2.24, 2.45) is 0 Å². The molecule has 0 aromatic heterocycles. The van der Waals surface area contributed by atoms with Gasteiger partial charge in [0, 0.05) is 12.6 Å². The van der Waals surface area contributed by atoms with Crippen LogP contribution in [0.15, 0.2) is 24.3 Å². The standard InChI is InChI=1S/C17H28N2/c1-14(11-12-19(2)3)18-13-16-9-6-8-15-7-4-5-10-17(15)16/h4-5,7,10,14,16,18H,6,8-9,11-13H2,1-3H3. The van der Waals surface area contributed by atoms with Crippen LogP contribution < -0.4 is 5.32 Å². The van der Waals surface area contributed by atoms with Crippen LogP contribution in [-0.4, -0.2) is 38.1 Å². The van der Waals surface area contributed by atoms with E-state index in [2.05, 4.69) is 55.5 Å². The topological polar surface area (TPSA) is 15.3 Å². The highest BCUT2D eigenvalue weighted by Crippen LogP contribution is 2.30. The lowest BCUT2D eigenvalue weighted by Crippen LogP contribution is -2.33. The predicted octanol–water partition coefficient (Wildman–Crippen LogP) is 3.04. The molecule has 0 spiro atoms. The molecule has 1 aromatic rings. The summed E-state index contributed by atoms with van der Waals surface area (Å²) in [6, 6.07) is 9.60. The third-order valence-electron chi connectivity index (χ3n) is 4.22. The number of hydrogen-bond acceptors (Lipinski definition) is 2. The molecule has 0 saturated heterocycles. The summed E-state index contributed by atoms with van der Waals surface area (Å²) < 4.78 is 0. The molecule has 0 fully saturated rings. The highest BCUT2D eigenvalue weighted by molar-refractivity contribution is 5.32. The second-order valence-electron chi connectivity index (χ2n) is 6.19. The molecule has 0 heterocycles. The maximum atomic E-state index is 3.72. The minimum atomic E-state index is 0.608. The van der Waals surface area contributed by atoms with Crippen LogP contribution in [-0.2, 0) is 6.42 Å². The monoisotopic (exact) mass is 260 g/mol. The largest absolute Gasteiger partial charge is 0.314 e. The molecule has 0 aliphatic heterocycles.